The molecule has 4 aromatic carbocycles. The Morgan fingerprint density at radius 2 is 1.53 bits per heavy atom. The van der Waals surface area contributed by atoms with Gasteiger partial charge in [-0.3, -0.25) is 9.80 Å². The number of para-hydroxylation sites is 1. The van der Waals surface area contributed by atoms with Gasteiger partial charge in [-0.15, -0.1) is 0 Å². The summed E-state index contributed by atoms with van der Waals surface area (Å²) in [4.78, 5) is 17.7. The number of alkyl carbamates (subject to hydrolysis) is 1. The number of carbonyl (C=O) groups excluding carboxylic acids is 1. The van der Waals surface area contributed by atoms with E-state index in [1.54, 1.807) is 7.11 Å². The molecule has 1 amide bonds. The van der Waals surface area contributed by atoms with Gasteiger partial charge in [0.05, 0.1) is 13.7 Å². The second-order valence-electron chi connectivity index (χ2n) is 13.6. The Labute approximate surface area is 289 Å². The molecule has 0 saturated carbocycles. The summed E-state index contributed by atoms with van der Waals surface area (Å²) < 4.78 is 19.9. The lowest BCUT2D eigenvalue weighted by molar-refractivity contribution is 0.0852. The predicted molar refractivity (Wildman–Crippen MR) is 195 cm³/mol. The third kappa shape index (κ3) is 7.87. The SMILES string of the molecule is CCn1c2ccccc2c2cc(CN3CCC(NC(=O)OCC4CCCN(Cc5ccc(OC)c(OCc6ccccc6)c5)C4)C3)ccc21. The Morgan fingerprint density at radius 3 is 2.37 bits per heavy atom. The molecule has 256 valence electrons. The summed E-state index contributed by atoms with van der Waals surface area (Å²) in [7, 11) is 1.67. The van der Waals surface area contributed by atoms with E-state index < -0.39 is 0 Å². The number of methoxy groups -OCH3 is 1. The summed E-state index contributed by atoms with van der Waals surface area (Å²) in [6, 6.07) is 32.0. The summed E-state index contributed by atoms with van der Waals surface area (Å²) in [5.41, 5.74) is 6.19. The smallest absolute Gasteiger partial charge is 0.407 e. The van der Waals surface area contributed by atoms with E-state index in [1.165, 1.54) is 32.9 Å². The highest BCUT2D eigenvalue weighted by atomic mass is 16.5. The van der Waals surface area contributed by atoms with Crippen LogP contribution in [0.25, 0.3) is 21.8 Å². The largest absolute Gasteiger partial charge is 0.493 e. The number of aryl methyl sites for hydroxylation is 1. The number of nitrogens with one attached hydrogen (secondary N) is 1. The fraction of sp³-hybridized carbons (Fsp3) is 0.390. The van der Waals surface area contributed by atoms with E-state index in [0.29, 0.717) is 19.1 Å². The molecule has 5 aromatic rings. The highest BCUT2D eigenvalue weighted by molar-refractivity contribution is 6.08. The molecule has 1 N–H and O–H groups in total. The van der Waals surface area contributed by atoms with Crippen LogP contribution in [-0.2, 0) is 31.0 Å². The summed E-state index contributed by atoms with van der Waals surface area (Å²) in [6.45, 7) is 9.51. The standard InChI is InChI=1S/C41H48N4O4/c1-3-45-37-14-8-7-13-35(37)36-22-31(15-17-38(36)45)24-44-21-19-34(27-44)42-41(46)49-29-33-12-9-20-43(26-33)25-32-16-18-39(47-2)40(23-32)48-28-30-10-5-4-6-11-30/h4-8,10-11,13-18,22-23,33-34H,3,9,12,19-21,24-29H2,1-2H3,(H,42,46). The molecule has 0 radical (unpaired) electrons. The van der Waals surface area contributed by atoms with E-state index in [9.17, 15) is 4.79 Å². The topological polar surface area (TPSA) is 68.2 Å². The van der Waals surface area contributed by atoms with Crippen LogP contribution in [0.5, 0.6) is 11.5 Å². The first-order valence-electron chi connectivity index (χ1n) is 17.8. The average molecular weight is 661 g/mol. The quantitative estimate of drug-likeness (QED) is 0.149. The zero-order valence-corrected chi connectivity index (χ0v) is 28.8. The maximum absolute atomic E-state index is 12.8. The Kier molecular flexibility index (Phi) is 10.3. The lowest BCUT2D eigenvalue weighted by Crippen LogP contribution is -2.40. The fourth-order valence-electron chi connectivity index (χ4n) is 7.65. The van der Waals surface area contributed by atoms with Crippen molar-refractivity contribution in [3.8, 4) is 11.5 Å². The van der Waals surface area contributed by atoms with Gasteiger partial charge in [0.15, 0.2) is 11.5 Å². The minimum Gasteiger partial charge on any atom is -0.493 e. The van der Waals surface area contributed by atoms with Crippen molar-refractivity contribution in [1.82, 2.24) is 19.7 Å². The number of rotatable bonds is 12. The number of likely N-dealkylation sites (tertiary alicyclic amines) is 2. The van der Waals surface area contributed by atoms with Crippen molar-refractivity contribution in [2.24, 2.45) is 5.92 Å². The number of hydrogen-bond donors (Lipinski definition) is 1. The number of ether oxygens (including phenoxy) is 3. The van der Waals surface area contributed by atoms with Gasteiger partial charge in [-0.2, -0.15) is 0 Å². The van der Waals surface area contributed by atoms with Crippen molar-refractivity contribution in [1.29, 1.82) is 0 Å². The molecule has 2 atom stereocenters. The molecule has 7 rings (SSSR count). The fourth-order valence-corrected chi connectivity index (χ4v) is 7.65. The molecule has 3 heterocycles. The molecule has 0 bridgehead atoms. The zero-order valence-electron chi connectivity index (χ0n) is 28.8. The molecule has 8 nitrogen and oxygen atoms in total. The van der Waals surface area contributed by atoms with Gasteiger partial charge < -0.3 is 24.1 Å². The van der Waals surface area contributed by atoms with Gasteiger partial charge in [-0.1, -0.05) is 60.7 Å². The van der Waals surface area contributed by atoms with Crippen LogP contribution in [0, 0.1) is 5.92 Å². The van der Waals surface area contributed by atoms with Crippen molar-refractivity contribution in [2.45, 2.75) is 58.5 Å². The molecule has 2 fully saturated rings. The lowest BCUT2D eigenvalue weighted by Gasteiger charge is -2.32. The predicted octanol–water partition coefficient (Wildman–Crippen LogP) is 7.61. The lowest BCUT2D eigenvalue weighted by atomic mass is 9.98. The first-order chi connectivity index (χ1) is 24.1. The molecule has 2 aliphatic heterocycles. The van der Waals surface area contributed by atoms with Crippen molar-refractivity contribution in [3.63, 3.8) is 0 Å². The summed E-state index contributed by atoms with van der Waals surface area (Å²) >= 11 is 0. The maximum Gasteiger partial charge on any atom is 0.407 e. The van der Waals surface area contributed by atoms with E-state index in [2.05, 4.69) is 93.3 Å². The third-order valence-electron chi connectivity index (χ3n) is 10.1. The monoisotopic (exact) mass is 660 g/mol. The van der Waals surface area contributed by atoms with Crippen LogP contribution in [0.3, 0.4) is 0 Å². The van der Waals surface area contributed by atoms with E-state index in [4.69, 9.17) is 14.2 Å². The second kappa shape index (κ2) is 15.3. The van der Waals surface area contributed by atoms with Crippen LogP contribution in [0.15, 0.2) is 91.0 Å². The number of aromatic nitrogens is 1. The summed E-state index contributed by atoms with van der Waals surface area (Å²) in [5.74, 6) is 1.81. The van der Waals surface area contributed by atoms with Crippen LogP contribution in [0.1, 0.15) is 42.9 Å². The molecule has 0 spiro atoms. The Hall–Kier alpha value is -4.53. The summed E-state index contributed by atoms with van der Waals surface area (Å²) in [6.07, 6.45) is 2.79. The molecular formula is C41H48N4O4. The minimum atomic E-state index is -0.298. The molecule has 8 heteroatoms. The zero-order chi connectivity index (χ0) is 33.6. The number of piperidine rings is 1. The van der Waals surface area contributed by atoms with Gasteiger partial charge in [0.1, 0.15) is 6.61 Å². The minimum absolute atomic E-state index is 0.106. The molecule has 2 aliphatic rings. The molecular weight excluding hydrogens is 612 g/mol. The van der Waals surface area contributed by atoms with Crippen LogP contribution in [0.4, 0.5) is 4.79 Å². The Morgan fingerprint density at radius 1 is 0.776 bits per heavy atom. The second-order valence-corrected chi connectivity index (χ2v) is 13.6. The van der Waals surface area contributed by atoms with Gasteiger partial charge in [-0.25, -0.2) is 4.79 Å². The number of hydrogen-bond acceptors (Lipinski definition) is 6. The average Bonchev–Trinajstić information content (AvgIpc) is 3.71. The third-order valence-corrected chi connectivity index (χ3v) is 10.1. The Balaban J connectivity index is 0.868. The highest BCUT2D eigenvalue weighted by Gasteiger charge is 2.26. The highest BCUT2D eigenvalue weighted by Crippen LogP contribution is 2.32. The van der Waals surface area contributed by atoms with Crippen molar-refractivity contribution in [3.05, 3.63) is 108 Å². The summed E-state index contributed by atoms with van der Waals surface area (Å²) in [5, 5.41) is 5.77. The molecule has 2 saturated heterocycles. The first-order valence-corrected chi connectivity index (χ1v) is 17.8. The van der Waals surface area contributed by atoms with E-state index in [0.717, 1.165) is 82.1 Å². The normalized spacial score (nSPS) is 18.6. The van der Waals surface area contributed by atoms with E-state index >= 15 is 0 Å². The van der Waals surface area contributed by atoms with E-state index in [1.807, 2.05) is 24.3 Å². The van der Waals surface area contributed by atoms with Gasteiger partial charge >= 0.3 is 6.09 Å². The van der Waals surface area contributed by atoms with Gasteiger partial charge in [0.2, 0.25) is 0 Å². The van der Waals surface area contributed by atoms with Crippen LogP contribution in [-0.4, -0.2) is 66.4 Å². The van der Waals surface area contributed by atoms with E-state index in [-0.39, 0.29) is 12.1 Å². The van der Waals surface area contributed by atoms with Crippen LogP contribution in [0.2, 0.25) is 0 Å². The molecule has 2 unspecified atom stereocenters. The Bertz CT molecular complexity index is 1870. The molecule has 49 heavy (non-hydrogen) atoms. The number of amides is 1. The van der Waals surface area contributed by atoms with Crippen molar-refractivity contribution in [2.75, 3.05) is 39.9 Å². The van der Waals surface area contributed by atoms with Gasteiger partial charge in [0.25, 0.3) is 0 Å². The molecule has 0 aliphatic carbocycles. The van der Waals surface area contributed by atoms with Crippen molar-refractivity contribution < 1.29 is 19.0 Å². The number of benzene rings is 4. The maximum atomic E-state index is 12.8. The number of nitrogens with zero attached hydrogens (tertiary/aromatic N) is 3. The molecule has 1 aromatic heterocycles. The van der Waals surface area contributed by atoms with Crippen LogP contribution >= 0.6 is 0 Å². The van der Waals surface area contributed by atoms with Gasteiger partial charge in [-0.05, 0) is 79.8 Å². The number of fused-ring (bicyclic) bond motifs is 3. The first kappa shape index (κ1) is 33.0. The number of carbonyl (C=O) groups is 1. The van der Waals surface area contributed by atoms with Crippen LogP contribution < -0.4 is 14.8 Å². The van der Waals surface area contributed by atoms with Gasteiger partial charge in [0, 0.05) is 73.0 Å². The van der Waals surface area contributed by atoms with Crippen molar-refractivity contribution >= 4 is 27.9 Å².